The minimum absolute atomic E-state index is 0.701. The van der Waals surface area contributed by atoms with Crippen molar-refractivity contribution in [3.63, 3.8) is 0 Å². The second-order valence-electron chi connectivity index (χ2n) is 16.1. The number of hydrogen-bond donors (Lipinski definition) is 12. The second-order valence-corrected chi connectivity index (χ2v) is 16.1. The van der Waals surface area contributed by atoms with Crippen LogP contribution in [0.3, 0.4) is 0 Å². The third kappa shape index (κ3) is 11.4. The smallest absolute Gasteiger partial charge is 0.364 e. The number of amides is 3. The van der Waals surface area contributed by atoms with E-state index >= 15 is 0 Å². The van der Waals surface area contributed by atoms with Gasteiger partial charge >= 0.3 is 5.97 Å². The van der Waals surface area contributed by atoms with Crippen LogP contribution in [0.15, 0.2) is 0 Å². The molecule has 5 rings (SSSR count). The minimum Gasteiger partial charge on any atom is -0.477 e. The monoisotopic (exact) mass is 936 g/mol. The summed E-state index contributed by atoms with van der Waals surface area (Å²) < 4.78 is 86.9. The van der Waals surface area contributed by atoms with Gasteiger partial charge in [-0.25, -0.2) is 13.6 Å². The van der Waals surface area contributed by atoms with E-state index in [1.807, 2.05) is 0 Å². The number of carbonyl (C=O) groups excluding carboxylic acids is 3. The molecule has 64 heavy (non-hydrogen) atoms. The van der Waals surface area contributed by atoms with E-state index < -0.39 is 191 Å². The first-order valence-corrected chi connectivity index (χ1v) is 20.2. The van der Waals surface area contributed by atoms with E-state index in [9.17, 15) is 68.8 Å². The van der Waals surface area contributed by atoms with Crippen molar-refractivity contribution in [2.75, 3.05) is 33.0 Å². The van der Waals surface area contributed by atoms with Gasteiger partial charge in [-0.2, -0.15) is 0 Å². The minimum atomic E-state index is -3.57. The van der Waals surface area contributed by atoms with Gasteiger partial charge in [-0.15, -0.1) is 0 Å². The van der Waals surface area contributed by atoms with Crippen molar-refractivity contribution in [2.45, 2.75) is 169 Å². The molecule has 5 aliphatic heterocycles. The molecule has 0 bridgehead atoms. The number of nitrogens with two attached hydrogens (primary N) is 1. The van der Waals surface area contributed by atoms with E-state index in [0.29, 0.717) is 0 Å². The maximum absolute atomic E-state index is 14.2. The van der Waals surface area contributed by atoms with E-state index in [0.717, 1.165) is 27.7 Å². The zero-order chi connectivity index (χ0) is 47.6. The van der Waals surface area contributed by atoms with E-state index in [2.05, 4.69) is 16.0 Å². The highest BCUT2D eigenvalue weighted by atomic mass is 19.3. The van der Waals surface area contributed by atoms with Crippen molar-refractivity contribution in [1.29, 1.82) is 0 Å². The SMILES string of the molecule is CC(=O)NC1C(OC2C(O)C(C)OC(OC3C(O)C(CO)OC(OC4C(CO)OC(OCC(F)(F)CN)C5O[C@@](C)(C(=O)O)OC45)C3NC(C)=O)C2NC(C)=O)OC(CO)C(O)C1O. The molecule has 0 aromatic rings. The lowest BCUT2D eigenvalue weighted by atomic mass is 9.93. The average Bonchev–Trinajstić information content (AvgIpc) is 3.60. The number of aliphatic hydroxyl groups is 7. The largest absolute Gasteiger partial charge is 0.477 e. The highest BCUT2D eigenvalue weighted by Crippen LogP contribution is 2.42. The van der Waals surface area contributed by atoms with Gasteiger partial charge in [0.1, 0.15) is 98.0 Å². The van der Waals surface area contributed by atoms with Crippen LogP contribution in [0.5, 0.6) is 0 Å². The molecule has 26 nitrogen and oxygen atoms in total. The Kier molecular flexibility index (Phi) is 17.3. The first-order valence-electron chi connectivity index (χ1n) is 20.2. The van der Waals surface area contributed by atoms with Gasteiger partial charge < -0.3 is 110 Å². The Morgan fingerprint density at radius 3 is 1.58 bits per heavy atom. The number of ether oxygens (including phenoxy) is 10. The average molecular weight is 937 g/mol. The Balaban J connectivity index is 1.49. The molecule has 3 amide bonds. The first-order chi connectivity index (χ1) is 30.0. The number of aliphatic hydroxyl groups excluding tert-OH is 7. The van der Waals surface area contributed by atoms with Gasteiger partial charge in [-0.3, -0.25) is 14.4 Å². The van der Waals surface area contributed by atoms with Gasteiger partial charge in [0.25, 0.3) is 11.7 Å². The van der Waals surface area contributed by atoms with Crippen LogP contribution < -0.4 is 21.7 Å². The summed E-state index contributed by atoms with van der Waals surface area (Å²) in [5.41, 5.74) is 5.13. The zero-order valence-corrected chi connectivity index (χ0v) is 35.2. The maximum Gasteiger partial charge on any atom is 0.364 e. The van der Waals surface area contributed by atoms with Crippen molar-refractivity contribution in [2.24, 2.45) is 5.73 Å². The van der Waals surface area contributed by atoms with E-state index in [-0.39, 0.29) is 0 Å². The summed E-state index contributed by atoms with van der Waals surface area (Å²) in [5, 5.41) is 92.6. The predicted molar refractivity (Wildman–Crippen MR) is 199 cm³/mol. The highest BCUT2D eigenvalue weighted by molar-refractivity contribution is 5.75. The molecule has 5 fully saturated rings. The lowest BCUT2D eigenvalue weighted by molar-refractivity contribution is -0.359. The van der Waals surface area contributed by atoms with Gasteiger partial charge in [0.2, 0.25) is 17.7 Å². The third-order valence-electron chi connectivity index (χ3n) is 11.2. The molecule has 368 valence electrons. The summed E-state index contributed by atoms with van der Waals surface area (Å²) in [5.74, 6) is -9.94. The van der Waals surface area contributed by atoms with Gasteiger partial charge in [0.15, 0.2) is 25.2 Å². The molecule has 20 unspecified atom stereocenters. The summed E-state index contributed by atoms with van der Waals surface area (Å²) in [7, 11) is 0. The summed E-state index contributed by atoms with van der Waals surface area (Å²) in [6.07, 6.45) is -28.4. The highest BCUT2D eigenvalue weighted by Gasteiger charge is 2.62. The van der Waals surface area contributed by atoms with Crippen LogP contribution in [0.25, 0.3) is 0 Å². The van der Waals surface area contributed by atoms with Crippen LogP contribution >= 0.6 is 0 Å². The molecule has 0 aromatic heterocycles. The summed E-state index contributed by atoms with van der Waals surface area (Å²) in [4.78, 5) is 49.9. The predicted octanol–water partition coefficient (Wildman–Crippen LogP) is -6.81. The molecule has 21 atom stereocenters. The molecule has 5 heterocycles. The van der Waals surface area contributed by atoms with Crippen LogP contribution in [0.2, 0.25) is 0 Å². The number of fused-ring (bicyclic) bond motifs is 1. The second kappa shape index (κ2) is 21.3. The Bertz CT molecular complexity index is 1630. The van der Waals surface area contributed by atoms with E-state index in [4.69, 9.17) is 53.1 Å². The molecule has 0 saturated carbocycles. The summed E-state index contributed by atoms with van der Waals surface area (Å²) in [6.45, 7) is 0.405. The van der Waals surface area contributed by atoms with Crippen LogP contribution in [0, 0.1) is 0 Å². The lowest BCUT2D eigenvalue weighted by Crippen LogP contribution is -2.71. The van der Waals surface area contributed by atoms with Gasteiger partial charge in [-0.05, 0) is 6.92 Å². The number of hydrogen-bond acceptors (Lipinski definition) is 22. The van der Waals surface area contributed by atoms with Crippen LogP contribution in [-0.2, 0) is 66.5 Å². The van der Waals surface area contributed by atoms with Crippen LogP contribution in [0.1, 0.15) is 34.6 Å². The molecule has 0 aliphatic carbocycles. The first kappa shape index (κ1) is 52.0. The van der Waals surface area contributed by atoms with E-state index in [1.54, 1.807) is 0 Å². The maximum atomic E-state index is 14.2. The Labute approximate surface area is 363 Å². The van der Waals surface area contributed by atoms with Crippen molar-refractivity contribution in [3.05, 3.63) is 0 Å². The number of nitrogens with one attached hydrogen (secondary N) is 3. The Morgan fingerprint density at radius 2 is 1.08 bits per heavy atom. The molecule has 0 aromatic carbocycles. The molecule has 5 aliphatic rings. The normalized spacial score (nSPS) is 43.8. The number of carboxylic acid groups (broad SMARTS) is 1. The standard InChI is InChI=1S/C36H58F2N4O22/c1-11-21(49)26(61-30-18(40-12(2)46)24(52)22(50)15(6-43)57-30)19(41-13(3)47)31(56-11)62-27-20(42-14(4)48)32(58-16(7-44)23(27)51)60-25-17(8-45)59-33(55-10-36(37,38)9-39)29-28(25)63-35(5,64-29)34(53)54/h11,15-33,43-45,49-52H,6-10,39H2,1-5H3,(H,40,46)(H,41,47)(H,42,48)(H,53,54)/t11?,15?,16?,17?,18?,19?,20?,21?,22?,23?,24?,25?,26?,27?,28?,29?,30?,31?,32?,33?,35-/m0/s1. The quantitative estimate of drug-likeness (QED) is 0.0645. The van der Waals surface area contributed by atoms with E-state index in [1.165, 1.54) is 6.92 Å². The number of rotatable bonds is 17. The van der Waals surface area contributed by atoms with Crippen molar-refractivity contribution < 1.29 is 116 Å². The third-order valence-corrected chi connectivity index (χ3v) is 11.2. The van der Waals surface area contributed by atoms with Crippen LogP contribution in [0.4, 0.5) is 8.78 Å². The Hall–Kier alpha value is -2.98. The van der Waals surface area contributed by atoms with Crippen molar-refractivity contribution >= 4 is 23.7 Å². The topological polar surface area (TPSA) is 385 Å². The molecular formula is C36H58F2N4O22. The summed E-state index contributed by atoms with van der Waals surface area (Å²) in [6, 6.07) is -4.76. The molecule has 0 spiro atoms. The molecular weight excluding hydrogens is 878 g/mol. The Morgan fingerprint density at radius 1 is 0.641 bits per heavy atom. The van der Waals surface area contributed by atoms with Crippen molar-refractivity contribution in [3.8, 4) is 0 Å². The molecule has 5 saturated heterocycles. The fraction of sp³-hybridized carbons (Fsp3) is 0.889. The molecule has 28 heteroatoms. The lowest BCUT2D eigenvalue weighted by Gasteiger charge is -2.51. The fourth-order valence-electron chi connectivity index (χ4n) is 7.96. The number of halogens is 2. The fourth-order valence-corrected chi connectivity index (χ4v) is 7.96. The van der Waals surface area contributed by atoms with Gasteiger partial charge in [0, 0.05) is 27.7 Å². The van der Waals surface area contributed by atoms with Gasteiger partial charge in [-0.1, -0.05) is 0 Å². The van der Waals surface area contributed by atoms with Crippen LogP contribution in [-0.4, -0.2) is 232 Å². The molecule has 13 N–H and O–H groups in total. The number of aliphatic carboxylic acids is 1. The zero-order valence-electron chi connectivity index (χ0n) is 35.2. The number of carboxylic acids is 1. The van der Waals surface area contributed by atoms with Gasteiger partial charge in [0.05, 0.1) is 32.5 Å². The number of alkyl halides is 2. The van der Waals surface area contributed by atoms with Crippen molar-refractivity contribution in [1.82, 2.24) is 16.0 Å². The molecule has 0 radical (unpaired) electrons. The number of carbonyl (C=O) groups is 4. The summed E-state index contributed by atoms with van der Waals surface area (Å²) >= 11 is 0.